The minimum absolute atomic E-state index is 0.0937. The summed E-state index contributed by atoms with van der Waals surface area (Å²) in [5.74, 6) is -1.07. The summed E-state index contributed by atoms with van der Waals surface area (Å²) < 4.78 is 40.4. The number of anilines is 1. The van der Waals surface area contributed by atoms with Crippen LogP contribution >= 0.6 is 11.6 Å². The van der Waals surface area contributed by atoms with E-state index in [1.165, 1.54) is 19.9 Å². The van der Waals surface area contributed by atoms with E-state index in [2.05, 4.69) is 10.4 Å². The third-order valence-corrected chi connectivity index (χ3v) is 4.91. The van der Waals surface area contributed by atoms with E-state index in [1.54, 1.807) is 0 Å². The van der Waals surface area contributed by atoms with Gasteiger partial charge in [-0.1, -0.05) is 11.6 Å². The number of nitrogens with zero attached hydrogens (tertiary/aromatic N) is 4. The van der Waals surface area contributed by atoms with Gasteiger partial charge < -0.3 is 5.32 Å². The molecule has 0 aliphatic carbocycles. The number of rotatable bonds is 5. The van der Waals surface area contributed by atoms with Crippen LogP contribution in [0, 0.1) is 34.1 Å². The smallest absolute Gasteiger partial charge is 0.306 e. The van der Waals surface area contributed by atoms with Gasteiger partial charge in [0.25, 0.3) is 17.3 Å². The molecule has 0 bridgehead atoms. The number of halogens is 4. The van der Waals surface area contributed by atoms with Crippen LogP contribution in [0.1, 0.15) is 27.2 Å². The summed E-state index contributed by atoms with van der Waals surface area (Å²) in [5, 5.41) is 28.7. The lowest BCUT2D eigenvalue weighted by Crippen LogP contribution is -2.17. The number of amides is 1. The van der Waals surface area contributed by atoms with Crippen molar-refractivity contribution in [2.75, 3.05) is 5.32 Å². The Morgan fingerprint density at radius 3 is 2.33 bits per heavy atom. The van der Waals surface area contributed by atoms with Crippen molar-refractivity contribution < 1.29 is 27.8 Å². The molecule has 0 fully saturated rings. The van der Waals surface area contributed by atoms with Gasteiger partial charge in [0.15, 0.2) is 0 Å². The number of nitro groups is 2. The molecule has 0 saturated heterocycles. The van der Waals surface area contributed by atoms with Gasteiger partial charge in [0, 0.05) is 17.7 Å². The lowest BCUT2D eigenvalue weighted by atomic mass is 10.0. The number of alkyl halides is 3. The summed E-state index contributed by atoms with van der Waals surface area (Å²) in [4.78, 5) is 33.5. The third kappa shape index (κ3) is 4.77. The molecule has 10 nitrogen and oxygen atoms in total. The van der Waals surface area contributed by atoms with Crippen LogP contribution < -0.4 is 5.32 Å². The zero-order valence-electron chi connectivity index (χ0n) is 16.8. The van der Waals surface area contributed by atoms with E-state index < -0.39 is 38.9 Å². The first-order valence-corrected chi connectivity index (χ1v) is 9.36. The molecule has 0 spiro atoms. The highest BCUT2D eigenvalue weighted by Gasteiger charge is 2.32. The van der Waals surface area contributed by atoms with Crippen LogP contribution in [0.3, 0.4) is 0 Å². The van der Waals surface area contributed by atoms with E-state index in [0.717, 1.165) is 35.0 Å². The Bertz CT molecular complexity index is 1310. The first-order chi connectivity index (χ1) is 15.3. The molecule has 3 aromatic rings. The molecular formula is C19H13ClF3N5O5. The second-order valence-electron chi connectivity index (χ2n) is 6.85. The van der Waals surface area contributed by atoms with Crippen LogP contribution in [0.4, 0.5) is 30.4 Å². The van der Waals surface area contributed by atoms with Crippen LogP contribution in [0.5, 0.6) is 0 Å². The second kappa shape index (κ2) is 8.50. The molecule has 1 amide bonds. The third-order valence-electron chi connectivity index (χ3n) is 4.59. The number of non-ortho nitro benzene ring substituents is 1. The monoisotopic (exact) mass is 483 g/mol. The highest BCUT2D eigenvalue weighted by atomic mass is 35.5. The van der Waals surface area contributed by atoms with E-state index in [-0.39, 0.29) is 27.7 Å². The van der Waals surface area contributed by atoms with E-state index in [9.17, 15) is 38.2 Å². The Morgan fingerprint density at radius 1 is 1.09 bits per heavy atom. The fourth-order valence-electron chi connectivity index (χ4n) is 3.02. The maximum atomic E-state index is 13.2. The number of carbonyl (C=O) groups excluding carboxylic acids is 1. The number of hydrogen-bond acceptors (Lipinski definition) is 6. The predicted molar refractivity (Wildman–Crippen MR) is 111 cm³/mol. The van der Waals surface area contributed by atoms with Gasteiger partial charge in [0.2, 0.25) is 0 Å². The Balaban J connectivity index is 2.09. The number of nitrogens with one attached hydrogen (secondary N) is 1. The molecule has 0 saturated carbocycles. The quantitative estimate of drug-likeness (QED) is 0.390. The van der Waals surface area contributed by atoms with Crippen LogP contribution in [-0.2, 0) is 6.18 Å². The molecule has 1 N–H and O–H groups in total. The molecule has 3 rings (SSSR count). The Labute approximate surface area is 187 Å². The zero-order valence-corrected chi connectivity index (χ0v) is 17.6. The maximum Gasteiger partial charge on any atom is 0.416 e. The molecule has 0 atom stereocenters. The van der Waals surface area contributed by atoms with Crippen molar-refractivity contribution in [2.24, 2.45) is 0 Å². The van der Waals surface area contributed by atoms with Gasteiger partial charge in [-0.2, -0.15) is 18.3 Å². The van der Waals surface area contributed by atoms with Gasteiger partial charge >= 0.3 is 6.18 Å². The summed E-state index contributed by atoms with van der Waals surface area (Å²) in [6, 6.07) is 5.47. The van der Waals surface area contributed by atoms with Crippen molar-refractivity contribution in [3.63, 3.8) is 0 Å². The normalized spacial score (nSPS) is 11.3. The Kier molecular flexibility index (Phi) is 6.09. The summed E-state index contributed by atoms with van der Waals surface area (Å²) >= 11 is 6.06. The topological polar surface area (TPSA) is 133 Å². The first-order valence-electron chi connectivity index (χ1n) is 8.98. The Morgan fingerprint density at radius 2 is 1.76 bits per heavy atom. The average molecular weight is 484 g/mol. The van der Waals surface area contributed by atoms with E-state index >= 15 is 0 Å². The highest BCUT2D eigenvalue weighted by molar-refractivity contribution is 6.32. The van der Waals surface area contributed by atoms with Crippen molar-refractivity contribution in [1.82, 2.24) is 9.78 Å². The lowest BCUT2D eigenvalue weighted by molar-refractivity contribution is -0.394. The van der Waals surface area contributed by atoms with Gasteiger partial charge in [0.05, 0.1) is 43.4 Å². The van der Waals surface area contributed by atoms with Gasteiger partial charge in [-0.15, -0.1) is 0 Å². The lowest BCUT2D eigenvalue weighted by Gasteiger charge is -2.14. The molecule has 0 radical (unpaired) electrons. The van der Waals surface area contributed by atoms with Crippen molar-refractivity contribution in [3.05, 3.63) is 84.0 Å². The number of aryl methyl sites for hydroxylation is 1. The molecule has 1 heterocycles. The summed E-state index contributed by atoms with van der Waals surface area (Å²) in [5.41, 5.74) is -2.70. The van der Waals surface area contributed by atoms with Crippen molar-refractivity contribution >= 4 is 34.7 Å². The Hall–Kier alpha value is -4.00. The second-order valence-corrected chi connectivity index (χ2v) is 7.26. The molecule has 0 unspecified atom stereocenters. The van der Waals surface area contributed by atoms with Crippen molar-refractivity contribution in [3.8, 4) is 5.69 Å². The standard InChI is InChI=1S/C19H13ClF3N5O5/c1-9-5-17(26(25-9)16-6-11(19(21,22)23)3-4-14(16)20)24-18(29)13-7-12(27(30)31)8-15(10(13)2)28(32)33/h3-8H,1-2H3,(H,24,29). The van der Waals surface area contributed by atoms with E-state index in [0.29, 0.717) is 5.69 Å². The van der Waals surface area contributed by atoms with E-state index in [1.807, 2.05) is 0 Å². The molecule has 14 heteroatoms. The minimum Gasteiger partial charge on any atom is -0.306 e. The average Bonchev–Trinajstić information content (AvgIpc) is 3.06. The van der Waals surface area contributed by atoms with Gasteiger partial charge in [-0.25, -0.2) is 4.68 Å². The summed E-state index contributed by atoms with van der Waals surface area (Å²) in [6.45, 7) is 2.75. The number of aromatic nitrogens is 2. The van der Waals surface area contributed by atoms with Gasteiger partial charge in [-0.3, -0.25) is 25.0 Å². The maximum absolute atomic E-state index is 13.2. The first kappa shape index (κ1) is 23.7. The number of benzene rings is 2. The van der Waals surface area contributed by atoms with E-state index in [4.69, 9.17) is 11.6 Å². The zero-order chi connectivity index (χ0) is 24.7. The number of hydrogen-bond donors (Lipinski definition) is 1. The van der Waals surface area contributed by atoms with Crippen molar-refractivity contribution in [1.29, 1.82) is 0 Å². The molecular weight excluding hydrogens is 471 g/mol. The SMILES string of the molecule is Cc1cc(NC(=O)c2cc([N+](=O)[O-])cc([N+](=O)[O-])c2C)n(-c2cc(C(F)(F)F)ccc2Cl)n1. The predicted octanol–water partition coefficient (Wildman–Crippen LogP) is 5.23. The van der Waals surface area contributed by atoms with Crippen molar-refractivity contribution in [2.45, 2.75) is 20.0 Å². The van der Waals surface area contributed by atoms with Crippen LogP contribution in [-0.4, -0.2) is 25.5 Å². The van der Waals surface area contributed by atoms with Gasteiger partial charge in [-0.05, 0) is 32.0 Å². The molecule has 2 aromatic carbocycles. The largest absolute Gasteiger partial charge is 0.416 e. The number of nitro benzene ring substituents is 2. The minimum atomic E-state index is -4.66. The molecule has 1 aromatic heterocycles. The summed E-state index contributed by atoms with van der Waals surface area (Å²) in [6.07, 6.45) is -4.66. The number of carbonyl (C=O) groups is 1. The van der Waals surface area contributed by atoms with Crippen LogP contribution in [0.25, 0.3) is 5.69 Å². The molecule has 0 aliphatic heterocycles. The fraction of sp³-hybridized carbons (Fsp3) is 0.158. The molecule has 172 valence electrons. The molecule has 0 aliphatic rings. The summed E-state index contributed by atoms with van der Waals surface area (Å²) in [7, 11) is 0. The fourth-order valence-corrected chi connectivity index (χ4v) is 3.22. The molecule has 33 heavy (non-hydrogen) atoms. The highest BCUT2D eigenvalue weighted by Crippen LogP contribution is 2.34. The van der Waals surface area contributed by atoms with Gasteiger partial charge in [0.1, 0.15) is 5.82 Å². The van der Waals surface area contributed by atoms with Crippen LogP contribution in [0.15, 0.2) is 36.4 Å². The van der Waals surface area contributed by atoms with Crippen LogP contribution in [0.2, 0.25) is 5.02 Å².